The molecule has 2 aliphatic carbocycles. The van der Waals surface area contributed by atoms with Crippen LogP contribution in [-0.4, -0.2) is 48.1 Å². The lowest BCUT2D eigenvalue weighted by atomic mass is 9.45. The monoisotopic (exact) mass is 422 g/mol. The summed E-state index contributed by atoms with van der Waals surface area (Å²) in [5, 5.41) is 18.9. The third-order valence-electron chi connectivity index (χ3n) is 7.73. The van der Waals surface area contributed by atoms with Gasteiger partial charge in [-0.1, -0.05) is 32.9 Å². The van der Waals surface area contributed by atoms with Gasteiger partial charge in [0.2, 0.25) is 0 Å². The fourth-order valence-electron chi connectivity index (χ4n) is 5.78. The molecule has 0 radical (unpaired) electrons. The minimum atomic E-state index is -0.416. The Bertz CT molecular complexity index is 696. The minimum Gasteiger partial charge on any atom is -0.462 e. The second-order valence-electron chi connectivity index (χ2n) is 9.37. The van der Waals surface area contributed by atoms with Crippen LogP contribution < -0.4 is 0 Å². The number of hydrogen-bond donors (Lipinski definition) is 2. The van der Waals surface area contributed by atoms with E-state index in [1.54, 1.807) is 6.08 Å². The van der Waals surface area contributed by atoms with Crippen molar-refractivity contribution < 1.29 is 29.3 Å². The fourth-order valence-corrected chi connectivity index (χ4v) is 5.78. The van der Waals surface area contributed by atoms with E-state index < -0.39 is 5.41 Å². The zero-order valence-corrected chi connectivity index (χ0v) is 19.1. The predicted octanol–water partition coefficient (Wildman–Crippen LogP) is 3.56. The first-order valence-electron chi connectivity index (χ1n) is 11.0. The molecule has 5 unspecified atom stereocenters. The molecule has 0 spiro atoms. The maximum atomic E-state index is 11.9. The molecular formula is C24H38O6. The molecule has 5 atom stereocenters. The molecule has 0 aromatic rings. The van der Waals surface area contributed by atoms with Gasteiger partial charge in [0.25, 0.3) is 0 Å². The van der Waals surface area contributed by atoms with Crippen LogP contribution in [0.1, 0.15) is 66.7 Å². The SMILES string of the molecule is CC(=O)OCC1=CCCC2C(C)(CC/C(=C\CO)CO)C(C)CC(OC(C)=O)C12C. The molecule has 30 heavy (non-hydrogen) atoms. The van der Waals surface area contributed by atoms with Crippen molar-refractivity contribution in [1.82, 2.24) is 0 Å². The highest BCUT2D eigenvalue weighted by Crippen LogP contribution is 2.62. The van der Waals surface area contributed by atoms with Crippen LogP contribution in [0.3, 0.4) is 0 Å². The molecule has 0 aliphatic heterocycles. The van der Waals surface area contributed by atoms with Crippen LogP contribution >= 0.6 is 0 Å². The van der Waals surface area contributed by atoms with Gasteiger partial charge < -0.3 is 19.7 Å². The highest BCUT2D eigenvalue weighted by molar-refractivity contribution is 5.67. The second kappa shape index (κ2) is 10.1. The lowest BCUT2D eigenvalue weighted by Gasteiger charge is -2.60. The third-order valence-corrected chi connectivity index (χ3v) is 7.73. The van der Waals surface area contributed by atoms with E-state index in [0.717, 1.165) is 36.8 Å². The lowest BCUT2D eigenvalue weighted by molar-refractivity contribution is -0.176. The van der Waals surface area contributed by atoms with Crippen molar-refractivity contribution in [2.75, 3.05) is 19.8 Å². The van der Waals surface area contributed by atoms with E-state index in [1.165, 1.54) is 13.8 Å². The van der Waals surface area contributed by atoms with Crippen LogP contribution in [0.25, 0.3) is 0 Å². The van der Waals surface area contributed by atoms with Crippen molar-refractivity contribution in [3.63, 3.8) is 0 Å². The molecule has 0 aromatic heterocycles. The van der Waals surface area contributed by atoms with Crippen molar-refractivity contribution >= 4 is 11.9 Å². The first-order chi connectivity index (χ1) is 14.1. The predicted molar refractivity (Wildman–Crippen MR) is 114 cm³/mol. The zero-order chi connectivity index (χ0) is 22.5. The van der Waals surface area contributed by atoms with Crippen LogP contribution in [0.5, 0.6) is 0 Å². The van der Waals surface area contributed by atoms with Crippen LogP contribution in [0.2, 0.25) is 0 Å². The zero-order valence-electron chi connectivity index (χ0n) is 19.1. The Morgan fingerprint density at radius 1 is 1.23 bits per heavy atom. The number of allylic oxidation sites excluding steroid dienone is 1. The van der Waals surface area contributed by atoms with Crippen molar-refractivity contribution in [2.45, 2.75) is 72.8 Å². The Kier molecular flexibility index (Phi) is 8.28. The third kappa shape index (κ3) is 4.97. The van der Waals surface area contributed by atoms with Gasteiger partial charge in [-0.05, 0) is 60.5 Å². The van der Waals surface area contributed by atoms with Gasteiger partial charge in [0.05, 0.1) is 13.2 Å². The largest absolute Gasteiger partial charge is 0.462 e. The Balaban J connectivity index is 2.41. The van der Waals surface area contributed by atoms with Gasteiger partial charge in [0.1, 0.15) is 12.7 Å². The molecule has 0 bridgehead atoms. The highest BCUT2D eigenvalue weighted by atomic mass is 16.5. The standard InChI is InChI=1S/C24H38O6/c1-16-13-22(30-18(3)28)24(5)20(15-29-17(2)27)7-6-8-21(24)23(16,4)11-9-19(14-26)10-12-25/h7,10,16,21-22,25-26H,6,8-9,11-15H2,1-5H3/b19-10+. The molecular weight excluding hydrogens is 384 g/mol. The van der Waals surface area contributed by atoms with Gasteiger partial charge in [0.15, 0.2) is 0 Å². The van der Waals surface area contributed by atoms with Gasteiger partial charge in [-0.3, -0.25) is 9.59 Å². The van der Waals surface area contributed by atoms with Crippen LogP contribution in [0.4, 0.5) is 0 Å². The average molecular weight is 423 g/mol. The summed E-state index contributed by atoms with van der Waals surface area (Å²) in [7, 11) is 0. The molecule has 6 heteroatoms. The number of fused-ring (bicyclic) bond motifs is 1. The number of aliphatic hydroxyl groups excluding tert-OH is 2. The second-order valence-corrected chi connectivity index (χ2v) is 9.37. The Labute approximate surface area is 180 Å². The molecule has 6 nitrogen and oxygen atoms in total. The summed E-state index contributed by atoms with van der Waals surface area (Å²) >= 11 is 0. The molecule has 1 fully saturated rings. The number of aliphatic hydroxyl groups is 2. The van der Waals surface area contributed by atoms with Gasteiger partial charge in [-0.2, -0.15) is 0 Å². The molecule has 170 valence electrons. The summed E-state index contributed by atoms with van der Waals surface area (Å²) in [5.74, 6) is -0.0641. The summed E-state index contributed by atoms with van der Waals surface area (Å²) in [6.07, 6.45) is 7.75. The summed E-state index contributed by atoms with van der Waals surface area (Å²) in [4.78, 5) is 23.4. The van der Waals surface area contributed by atoms with Crippen molar-refractivity contribution in [2.24, 2.45) is 22.7 Å². The minimum absolute atomic E-state index is 0.0507. The highest BCUT2D eigenvalue weighted by Gasteiger charge is 2.59. The molecule has 2 rings (SSSR count). The van der Waals surface area contributed by atoms with Crippen molar-refractivity contribution in [1.29, 1.82) is 0 Å². The van der Waals surface area contributed by atoms with Gasteiger partial charge >= 0.3 is 11.9 Å². The average Bonchev–Trinajstić information content (AvgIpc) is 2.68. The smallest absolute Gasteiger partial charge is 0.302 e. The summed E-state index contributed by atoms with van der Waals surface area (Å²) in [6.45, 7) is 9.61. The molecule has 0 heterocycles. The quantitative estimate of drug-likeness (QED) is 0.459. The normalized spacial score (nSPS) is 34.0. The molecule has 2 N–H and O–H groups in total. The van der Waals surface area contributed by atoms with Crippen LogP contribution in [0, 0.1) is 22.7 Å². The first-order valence-corrected chi connectivity index (χ1v) is 11.0. The molecule has 0 aromatic carbocycles. The first kappa shape index (κ1) is 24.6. The molecule has 0 amide bonds. The van der Waals surface area contributed by atoms with E-state index in [2.05, 4.69) is 26.8 Å². The number of hydrogen-bond acceptors (Lipinski definition) is 6. The number of esters is 2. The van der Waals surface area contributed by atoms with Gasteiger partial charge in [-0.15, -0.1) is 0 Å². The topological polar surface area (TPSA) is 93.1 Å². The Morgan fingerprint density at radius 3 is 2.50 bits per heavy atom. The molecule has 0 saturated heterocycles. The van der Waals surface area contributed by atoms with E-state index in [4.69, 9.17) is 9.47 Å². The van der Waals surface area contributed by atoms with E-state index in [9.17, 15) is 19.8 Å². The molecule has 1 saturated carbocycles. The Morgan fingerprint density at radius 2 is 1.93 bits per heavy atom. The summed E-state index contributed by atoms with van der Waals surface area (Å²) in [5.41, 5.74) is 1.42. The van der Waals surface area contributed by atoms with Crippen molar-refractivity contribution in [3.05, 3.63) is 23.3 Å². The number of ether oxygens (including phenoxy) is 2. The number of rotatable bonds is 8. The maximum Gasteiger partial charge on any atom is 0.302 e. The van der Waals surface area contributed by atoms with Gasteiger partial charge in [-0.25, -0.2) is 0 Å². The summed E-state index contributed by atoms with van der Waals surface area (Å²) < 4.78 is 11.2. The summed E-state index contributed by atoms with van der Waals surface area (Å²) in [6, 6.07) is 0. The lowest BCUT2D eigenvalue weighted by Crippen LogP contribution is -2.58. The van der Waals surface area contributed by atoms with E-state index in [1.807, 2.05) is 0 Å². The van der Waals surface area contributed by atoms with Crippen molar-refractivity contribution in [3.8, 4) is 0 Å². The van der Waals surface area contributed by atoms with Gasteiger partial charge in [0, 0.05) is 19.3 Å². The Hall–Kier alpha value is -1.66. The van der Waals surface area contributed by atoms with Crippen LogP contribution in [0.15, 0.2) is 23.3 Å². The molecule has 2 aliphatic rings. The fraction of sp³-hybridized carbons (Fsp3) is 0.750. The van der Waals surface area contributed by atoms with Crippen LogP contribution in [-0.2, 0) is 19.1 Å². The van der Waals surface area contributed by atoms with E-state index in [0.29, 0.717) is 12.3 Å². The number of carbonyl (C=O) groups excluding carboxylic acids is 2. The van der Waals surface area contributed by atoms with E-state index >= 15 is 0 Å². The van der Waals surface area contributed by atoms with E-state index in [-0.39, 0.29) is 49.2 Å². The maximum absolute atomic E-state index is 11.9. The number of carbonyl (C=O) groups is 2.